The van der Waals surface area contributed by atoms with Gasteiger partial charge in [-0.15, -0.1) is 0 Å². The van der Waals surface area contributed by atoms with Crippen LogP contribution in [0.2, 0.25) is 0 Å². The molecule has 0 amide bonds. The van der Waals surface area contributed by atoms with Crippen LogP contribution < -0.4 is 0 Å². The number of fused-ring (bicyclic) bond motifs is 1. The van der Waals surface area contributed by atoms with Gasteiger partial charge in [0, 0.05) is 0 Å². The minimum Gasteiger partial charge on any atom is -0.285 e. The maximum atomic E-state index is 13.0. The van der Waals surface area contributed by atoms with Crippen molar-refractivity contribution in [3.8, 4) is 0 Å². The third kappa shape index (κ3) is 7.58. The van der Waals surface area contributed by atoms with Crippen molar-refractivity contribution in [3.63, 3.8) is 0 Å². The number of hydrogen-bond donors (Lipinski definition) is 1. The van der Waals surface area contributed by atoms with Crippen LogP contribution in [0.3, 0.4) is 0 Å². The number of aryl methyl sites for hydroxylation is 1. The van der Waals surface area contributed by atoms with Gasteiger partial charge in [-0.1, -0.05) is 128 Å². The lowest BCUT2D eigenvalue weighted by Crippen LogP contribution is -2.46. The number of rotatable bonds is 17. The summed E-state index contributed by atoms with van der Waals surface area (Å²) in [7, 11) is -4.21. The van der Waals surface area contributed by atoms with Gasteiger partial charge in [-0.2, -0.15) is 8.42 Å². The third-order valence-electron chi connectivity index (χ3n) is 7.66. The molecule has 0 heterocycles. The molecule has 1 aromatic carbocycles. The molecule has 0 aromatic heterocycles. The molecule has 1 N–H and O–H groups in total. The van der Waals surface area contributed by atoms with Gasteiger partial charge in [0.1, 0.15) is 4.75 Å². The molecule has 0 aliphatic heterocycles. The van der Waals surface area contributed by atoms with Crippen molar-refractivity contribution >= 4 is 10.1 Å². The van der Waals surface area contributed by atoms with E-state index in [9.17, 15) is 13.0 Å². The van der Waals surface area contributed by atoms with Crippen LogP contribution in [0.25, 0.3) is 0 Å². The Labute approximate surface area is 198 Å². The highest BCUT2D eigenvalue weighted by atomic mass is 32.2. The summed E-state index contributed by atoms with van der Waals surface area (Å²) < 4.78 is 35.6. The van der Waals surface area contributed by atoms with Crippen molar-refractivity contribution in [2.75, 3.05) is 0 Å². The summed E-state index contributed by atoms with van der Waals surface area (Å²) in [4.78, 5) is 0. The molecule has 2 atom stereocenters. The first-order valence-corrected chi connectivity index (χ1v) is 15.0. The summed E-state index contributed by atoms with van der Waals surface area (Å²) >= 11 is 0. The highest BCUT2D eigenvalue weighted by molar-refractivity contribution is 7.86. The van der Waals surface area contributed by atoms with Crippen LogP contribution >= 0.6 is 0 Å². The molecule has 0 spiro atoms. The lowest BCUT2D eigenvalue weighted by molar-refractivity contribution is 0.252. The van der Waals surface area contributed by atoms with Gasteiger partial charge in [0.15, 0.2) is 0 Å². The van der Waals surface area contributed by atoms with E-state index >= 15 is 0 Å². The zero-order chi connectivity index (χ0) is 23.3. The van der Waals surface area contributed by atoms with Crippen molar-refractivity contribution in [2.45, 2.75) is 134 Å². The predicted molar refractivity (Wildman–Crippen MR) is 137 cm³/mol. The fourth-order valence-electron chi connectivity index (χ4n) is 5.82. The van der Waals surface area contributed by atoms with E-state index in [0.717, 1.165) is 56.1 Å². The van der Waals surface area contributed by atoms with Gasteiger partial charge in [0.2, 0.25) is 0 Å². The Morgan fingerprint density at radius 1 is 0.812 bits per heavy atom. The Balaban J connectivity index is 2.09. The molecule has 2 rings (SSSR count). The lowest BCUT2D eigenvalue weighted by Gasteiger charge is -2.43. The van der Waals surface area contributed by atoms with E-state index in [1.165, 1.54) is 64.2 Å². The normalized spacial score (nSPS) is 20.9. The molecule has 2 unspecified atom stereocenters. The SMILES string of the molecule is CCCCCCCCCC1CCc2ccccc2C1(CCCCCCCCC)S(=O)(=O)O. The van der Waals surface area contributed by atoms with Crippen molar-refractivity contribution in [2.24, 2.45) is 5.92 Å². The van der Waals surface area contributed by atoms with Gasteiger partial charge in [0.05, 0.1) is 0 Å². The lowest BCUT2D eigenvalue weighted by atomic mass is 9.70. The van der Waals surface area contributed by atoms with E-state index in [1.54, 1.807) is 0 Å². The molecule has 1 aliphatic rings. The first-order chi connectivity index (χ1) is 15.5. The second-order valence-corrected chi connectivity index (χ2v) is 11.7. The van der Waals surface area contributed by atoms with E-state index in [2.05, 4.69) is 19.9 Å². The molecule has 0 bridgehead atoms. The van der Waals surface area contributed by atoms with E-state index < -0.39 is 14.9 Å². The Morgan fingerprint density at radius 2 is 1.34 bits per heavy atom. The minimum atomic E-state index is -4.21. The van der Waals surface area contributed by atoms with E-state index in [1.807, 2.05) is 18.2 Å². The average molecular weight is 465 g/mol. The maximum Gasteiger partial charge on any atom is 0.275 e. The molecular formula is C28H48O3S. The predicted octanol–water partition coefficient (Wildman–Crippen LogP) is 8.61. The molecule has 1 aliphatic carbocycles. The molecule has 3 nitrogen and oxygen atoms in total. The van der Waals surface area contributed by atoms with Gasteiger partial charge in [-0.25, -0.2) is 0 Å². The second-order valence-electron chi connectivity index (χ2n) is 10.0. The second kappa shape index (κ2) is 14.4. The highest BCUT2D eigenvalue weighted by Gasteiger charge is 2.52. The largest absolute Gasteiger partial charge is 0.285 e. The first kappa shape index (κ1) is 27.4. The van der Waals surface area contributed by atoms with Crippen LogP contribution in [0.4, 0.5) is 0 Å². The summed E-state index contributed by atoms with van der Waals surface area (Å²) in [5.74, 6) is 0.0168. The summed E-state index contributed by atoms with van der Waals surface area (Å²) in [6.45, 7) is 4.46. The first-order valence-electron chi connectivity index (χ1n) is 13.5. The Bertz CT molecular complexity index is 743. The number of hydrogen-bond acceptors (Lipinski definition) is 2. The highest BCUT2D eigenvalue weighted by Crippen LogP contribution is 2.50. The van der Waals surface area contributed by atoms with Crippen LogP contribution in [-0.4, -0.2) is 13.0 Å². The Kier molecular flexibility index (Phi) is 12.3. The zero-order valence-electron chi connectivity index (χ0n) is 20.8. The molecular weight excluding hydrogens is 416 g/mol. The smallest absolute Gasteiger partial charge is 0.275 e. The van der Waals surface area contributed by atoms with Crippen LogP contribution in [0.1, 0.15) is 134 Å². The zero-order valence-corrected chi connectivity index (χ0v) is 21.6. The summed E-state index contributed by atoms with van der Waals surface area (Å²) in [6.07, 6.45) is 20.0. The average Bonchev–Trinajstić information content (AvgIpc) is 2.77. The summed E-state index contributed by atoms with van der Waals surface area (Å²) in [5, 5.41) is 0. The van der Waals surface area contributed by atoms with Gasteiger partial charge in [-0.3, -0.25) is 4.55 Å². The summed E-state index contributed by atoms with van der Waals surface area (Å²) in [6, 6.07) is 7.97. The molecule has 1 aromatic rings. The van der Waals surface area contributed by atoms with Crippen molar-refractivity contribution < 1.29 is 13.0 Å². The Morgan fingerprint density at radius 3 is 1.94 bits per heavy atom. The van der Waals surface area contributed by atoms with Gasteiger partial charge >= 0.3 is 0 Å². The molecule has 184 valence electrons. The minimum absolute atomic E-state index is 0.0168. The van der Waals surface area contributed by atoms with E-state index in [-0.39, 0.29) is 5.92 Å². The number of benzene rings is 1. The van der Waals surface area contributed by atoms with Crippen molar-refractivity contribution in [1.82, 2.24) is 0 Å². The van der Waals surface area contributed by atoms with Crippen LogP contribution in [0.15, 0.2) is 24.3 Å². The molecule has 0 radical (unpaired) electrons. The number of unbranched alkanes of at least 4 members (excludes halogenated alkanes) is 12. The van der Waals surface area contributed by atoms with Gasteiger partial charge in [-0.05, 0) is 42.7 Å². The molecule has 0 fully saturated rings. The van der Waals surface area contributed by atoms with Crippen LogP contribution in [-0.2, 0) is 21.3 Å². The summed E-state index contributed by atoms with van der Waals surface area (Å²) in [5.41, 5.74) is 2.00. The van der Waals surface area contributed by atoms with E-state index in [0.29, 0.717) is 6.42 Å². The Hall–Kier alpha value is -0.870. The maximum absolute atomic E-state index is 13.0. The van der Waals surface area contributed by atoms with Crippen LogP contribution in [0, 0.1) is 5.92 Å². The molecule has 0 saturated heterocycles. The molecule has 4 heteroatoms. The third-order valence-corrected chi connectivity index (χ3v) is 9.34. The standard InChI is InChI=1S/C28H48O3S/c1-3-5-7-9-11-13-15-20-26-23-22-25-19-16-17-21-27(25)28(26,32(29,30)31)24-18-14-12-10-8-6-4-2/h16-17,19,21,26H,3-15,18,20,22-24H2,1-2H3,(H,29,30,31). The topological polar surface area (TPSA) is 54.4 Å². The fraction of sp³-hybridized carbons (Fsp3) is 0.786. The molecule has 0 saturated carbocycles. The van der Waals surface area contributed by atoms with Crippen molar-refractivity contribution in [1.29, 1.82) is 0 Å². The monoisotopic (exact) mass is 464 g/mol. The van der Waals surface area contributed by atoms with Crippen LogP contribution in [0.5, 0.6) is 0 Å². The quantitative estimate of drug-likeness (QED) is 0.185. The molecule has 32 heavy (non-hydrogen) atoms. The fourth-order valence-corrected chi connectivity index (χ4v) is 7.36. The van der Waals surface area contributed by atoms with Gasteiger partial charge in [0.25, 0.3) is 10.1 Å². The van der Waals surface area contributed by atoms with E-state index in [4.69, 9.17) is 0 Å². The van der Waals surface area contributed by atoms with Crippen molar-refractivity contribution in [3.05, 3.63) is 35.4 Å². The van der Waals surface area contributed by atoms with Gasteiger partial charge < -0.3 is 0 Å².